The van der Waals surface area contributed by atoms with Gasteiger partial charge in [0.1, 0.15) is 5.69 Å². The number of carbonyl (C=O) groups is 1. The van der Waals surface area contributed by atoms with Crippen LogP contribution in [0, 0.1) is 0 Å². The molecule has 1 amide bonds. The monoisotopic (exact) mass is 222 g/mol. The first-order valence-corrected chi connectivity index (χ1v) is 5.60. The zero-order valence-corrected chi connectivity index (χ0v) is 9.81. The fourth-order valence-electron chi connectivity index (χ4n) is 2.24. The molecule has 1 aliphatic heterocycles. The third kappa shape index (κ3) is 1.82. The second-order valence-corrected chi connectivity index (χ2v) is 4.66. The van der Waals surface area contributed by atoms with Crippen LogP contribution in [0.25, 0.3) is 0 Å². The summed E-state index contributed by atoms with van der Waals surface area (Å²) in [5, 5.41) is 0. The van der Waals surface area contributed by atoms with E-state index >= 15 is 0 Å². The molecule has 5 nitrogen and oxygen atoms in total. The molecular weight excluding hydrogens is 204 g/mol. The highest BCUT2D eigenvalue weighted by Crippen LogP contribution is 2.24. The molecule has 0 spiro atoms. The van der Waals surface area contributed by atoms with Gasteiger partial charge in [-0.3, -0.25) is 4.79 Å². The van der Waals surface area contributed by atoms with E-state index in [9.17, 15) is 4.79 Å². The molecule has 0 radical (unpaired) electrons. The van der Waals surface area contributed by atoms with Gasteiger partial charge in [-0.25, -0.2) is 4.98 Å². The van der Waals surface area contributed by atoms with Gasteiger partial charge in [0.05, 0.1) is 18.1 Å². The number of imidazole rings is 1. The van der Waals surface area contributed by atoms with Crippen molar-refractivity contribution in [3.63, 3.8) is 0 Å². The van der Waals surface area contributed by atoms with Gasteiger partial charge < -0.3 is 15.2 Å². The molecule has 1 saturated heterocycles. The van der Waals surface area contributed by atoms with E-state index in [-0.39, 0.29) is 11.4 Å². The van der Waals surface area contributed by atoms with Crippen molar-refractivity contribution in [1.82, 2.24) is 14.5 Å². The number of nitrogens with two attached hydrogens (primary N) is 1. The summed E-state index contributed by atoms with van der Waals surface area (Å²) in [6.45, 7) is 3.43. The predicted octanol–water partition coefficient (Wildman–Crippen LogP) is 0.373. The van der Waals surface area contributed by atoms with E-state index in [0.717, 1.165) is 12.8 Å². The molecule has 0 unspecified atom stereocenters. The van der Waals surface area contributed by atoms with Gasteiger partial charge in [0.15, 0.2) is 0 Å². The predicted molar refractivity (Wildman–Crippen MR) is 60.9 cm³/mol. The molecule has 0 aliphatic carbocycles. The van der Waals surface area contributed by atoms with Crippen LogP contribution in [0.3, 0.4) is 0 Å². The van der Waals surface area contributed by atoms with Crippen LogP contribution in [-0.4, -0.2) is 39.0 Å². The Morgan fingerprint density at radius 1 is 1.62 bits per heavy atom. The van der Waals surface area contributed by atoms with Gasteiger partial charge in [0, 0.05) is 20.1 Å². The molecule has 2 heterocycles. The summed E-state index contributed by atoms with van der Waals surface area (Å²) in [7, 11) is 1.82. The Balaban J connectivity index is 1.98. The zero-order chi connectivity index (χ0) is 11.8. The first kappa shape index (κ1) is 11.1. The maximum Gasteiger partial charge on any atom is 0.272 e. The van der Waals surface area contributed by atoms with Gasteiger partial charge in [-0.2, -0.15) is 0 Å². The molecule has 2 rings (SSSR count). The summed E-state index contributed by atoms with van der Waals surface area (Å²) < 4.78 is 1.73. The highest BCUT2D eigenvalue weighted by molar-refractivity contribution is 5.93. The van der Waals surface area contributed by atoms with E-state index < -0.39 is 0 Å². The third-order valence-corrected chi connectivity index (χ3v) is 3.08. The normalized spacial score (nSPS) is 18.3. The Bertz CT molecular complexity index is 392. The second kappa shape index (κ2) is 3.90. The number of aromatic nitrogens is 2. The summed E-state index contributed by atoms with van der Waals surface area (Å²) in [6, 6.07) is 0. The van der Waals surface area contributed by atoms with E-state index in [1.807, 2.05) is 7.05 Å². The van der Waals surface area contributed by atoms with Crippen molar-refractivity contribution in [1.29, 1.82) is 0 Å². The van der Waals surface area contributed by atoms with Crippen LogP contribution in [0.1, 0.15) is 30.3 Å². The van der Waals surface area contributed by atoms with Crippen LogP contribution in [0.4, 0.5) is 0 Å². The van der Waals surface area contributed by atoms with Crippen molar-refractivity contribution >= 4 is 5.91 Å². The van der Waals surface area contributed by atoms with E-state index in [1.165, 1.54) is 0 Å². The average Bonchev–Trinajstić information content (AvgIpc) is 2.60. The van der Waals surface area contributed by atoms with Gasteiger partial charge >= 0.3 is 0 Å². The van der Waals surface area contributed by atoms with Crippen molar-refractivity contribution in [3.8, 4) is 0 Å². The fourth-order valence-corrected chi connectivity index (χ4v) is 2.24. The van der Waals surface area contributed by atoms with Gasteiger partial charge in [-0.15, -0.1) is 0 Å². The molecular formula is C11H18N4O. The molecule has 0 bridgehead atoms. The average molecular weight is 222 g/mol. The Kier molecular flexibility index (Phi) is 2.71. The van der Waals surface area contributed by atoms with E-state index in [4.69, 9.17) is 5.73 Å². The molecule has 0 atom stereocenters. The topological polar surface area (TPSA) is 64.2 Å². The Hall–Kier alpha value is -1.36. The van der Waals surface area contributed by atoms with E-state index in [0.29, 0.717) is 18.8 Å². The first-order chi connectivity index (χ1) is 7.56. The van der Waals surface area contributed by atoms with Crippen molar-refractivity contribution in [2.45, 2.75) is 25.3 Å². The lowest BCUT2D eigenvalue weighted by Crippen LogP contribution is -2.68. The minimum Gasteiger partial charge on any atom is -0.333 e. The second-order valence-electron chi connectivity index (χ2n) is 4.66. The number of nitrogens with zero attached hydrogens (tertiary/aromatic N) is 3. The van der Waals surface area contributed by atoms with Crippen molar-refractivity contribution < 1.29 is 4.79 Å². The smallest absolute Gasteiger partial charge is 0.272 e. The van der Waals surface area contributed by atoms with Crippen LogP contribution < -0.4 is 5.73 Å². The van der Waals surface area contributed by atoms with Gasteiger partial charge in [-0.1, -0.05) is 13.3 Å². The number of hydrogen-bond donors (Lipinski definition) is 1. The maximum atomic E-state index is 12.0. The van der Waals surface area contributed by atoms with Crippen LogP contribution in [-0.2, 0) is 7.05 Å². The quantitative estimate of drug-likeness (QED) is 0.803. The highest BCUT2D eigenvalue weighted by Gasteiger charge is 2.41. The lowest BCUT2D eigenvalue weighted by atomic mass is 9.86. The number of hydrogen-bond acceptors (Lipinski definition) is 3. The molecule has 5 heteroatoms. The molecule has 88 valence electrons. The zero-order valence-electron chi connectivity index (χ0n) is 9.81. The number of rotatable bonds is 3. The number of carbonyl (C=O) groups excluding carboxylic acids is 1. The van der Waals surface area contributed by atoms with E-state index in [2.05, 4.69) is 11.9 Å². The van der Waals surface area contributed by atoms with Crippen molar-refractivity contribution in [2.75, 3.05) is 13.1 Å². The fraction of sp³-hybridized carbons (Fsp3) is 0.636. The maximum absolute atomic E-state index is 12.0. The largest absolute Gasteiger partial charge is 0.333 e. The van der Waals surface area contributed by atoms with Crippen LogP contribution in [0.5, 0.6) is 0 Å². The Morgan fingerprint density at radius 2 is 2.31 bits per heavy atom. The lowest BCUT2D eigenvalue weighted by Gasteiger charge is -2.47. The van der Waals surface area contributed by atoms with Gasteiger partial charge in [0.2, 0.25) is 0 Å². The Labute approximate surface area is 95.2 Å². The SMILES string of the molecule is CCCC1(N)CN(C(=O)c2cncn2C)C1. The molecule has 1 aromatic rings. The van der Waals surface area contributed by atoms with Crippen molar-refractivity contribution in [2.24, 2.45) is 12.8 Å². The van der Waals surface area contributed by atoms with Gasteiger partial charge in [0.25, 0.3) is 5.91 Å². The van der Waals surface area contributed by atoms with Crippen LogP contribution >= 0.6 is 0 Å². The molecule has 1 fully saturated rings. The van der Waals surface area contributed by atoms with Crippen LogP contribution in [0.15, 0.2) is 12.5 Å². The third-order valence-electron chi connectivity index (χ3n) is 3.08. The lowest BCUT2D eigenvalue weighted by molar-refractivity contribution is 0.0377. The standard InChI is InChI=1S/C11H18N4O/c1-3-4-11(12)6-15(7-11)10(16)9-5-13-8-14(9)2/h5,8H,3-4,6-7,12H2,1-2H3. The summed E-state index contributed by atoms with van der Waals surface area (Å²) >= 11 is 0. The molecule has 1 aromatic heterocycles. The van der Waals surface area contributed by atoms with Crippen molar-refractivity contribution in [3.05, 3.63) is 18.2 Å². The molecule has 1 aliphatic rings. The number of likely N-dealkylation sites (tertiary alicyclic amines) is 1. The molecule has 16 heavy (non-hydrogen) atoms. The molecule has 2 N–H and O–H groups in total. The summed E-state index contributed by atoms with van der Waals surface area (Å²) in [5.74, 6) is 0.0252. The molecule has 0 aromatic carbocycles. The number of aryl methyl sites for hydroxylation is 1. The number of amides is 1. The summed E-state index contributed by atoms with van der Waals surface area (Å²) in [6.07, 6.45) is 5.26. The summed E-state index contributed by atoms with van der Waals surface area (Å²) in [4.78, 5) is 17.7. The van der Waals surface area contributed by atoms with Crippen LogP contribution in [0.2, 0.25) is 0 Å². The minimum absolute atomic E-state index is 0.0252. The minimum atomic E-state index is -0.164. The summed E-state index contributed by atoms with van der Waals surface area (Å²) in [5.41, 5.74) is 6.58. The molecule has 0 saturated carbocycles. The Morgan fingerprint density at radius 3 is 2.81 bits per heavy atom. The first-order valence-electron chi connectivity index (χ1n) is 5.60. The van der Waals surface area contributed by atoms with Gasteiger partial charge in [-0.05, 0) is 6.42 Å². The van der Waals surface area contributed by atoms with E-state index in [1.54, 1.807) is 22.0 Å². The highest BCUT2D eigenvalue weighted by atomic mass is 16.2.